The number of carbonyl (C=O) groups is 1. The maximum Gasteiger partial charge on any atom is 0.338 e. The van der Waals surface area contributed by atoms with Gasteiger partial charge in [-0.1, -0.05) is 0 Å². The van der Waals surface area contributed by atoms with Crippen LogP contribution in [0.5, 0.6) is 11.5 Å². The Hall–Kier alpha value is -1.75. The van der Waals surface area contributed by atoms with Crippen molar-refractivity contribution < 1.29 is 23.5 Å². The highest BCUT2D eigenvalue weighted by Gasteiger charge is 2.43. The molecule has 2 heterocycles. The Labute approximate surface area is 150 Å². The standard InChI is InChI=1S/C20H30NO4/c1-21-11-5-4-8-17(21)16(7-6-12-21)14-25-20(22)15-9-10-18(23-2)19(13-15)24-3/h9-10,13,16-17H,4-8,11-12,14H2,1-3H3/q+1/t16-,17-,21+/m0/s1. The Morgan fingerprint density at radius 3 is 2.60 bits per heavy atom. The summed E-state index contributed by atoms with van der Waals surface area (Å²) in [5, 5.41) is 0. The summed E-state index contributed by atoms with van der Waals surface area (Å²) in [6.07, 6.45) is 6.28. The molecular weight excluding hydrogens is 318 g/mol. The first-order chi connectivity index (χ1) is 12.1. The molecule has 0 aliphatic carbocycles. The maximum absolute atomic E-state index is 12.5. The van der Waals surface area contributed by atoms with Crippen LogP contribution in [0.4, 0.5) is 0 Å². The minimum atomic E-state index is -0.281. The van der Waals surface area contributed by atoms with Crippen LogP contribution in [-0.2, 0) is 4.74 Å². The predicted molar refractivity (Wildman–Crippen MR) is 96.1 cm³/mol. The van der Waals surface area contributed by atoms with Crippen LogP contribution in [-0.4, -0.2) is 57.5 Å². The minimum absolute atomic E-state index is 0.281. The molecule has 2 fully saturated rings. The number of piperidine rings is 2. The van der Waals surface area contributed by atoms with Gasteiger partial charge in [0.05, 0.1) is 46.0 Å². The molecule has 0 aromatic heterocycles. The summed E-state index contributed by atoms with van der Waals surface area (Å²) in [6.45, 7) is 3.06. The lowest BCUT2D eigenvalue weighted by atomic mass is 9.82. The second-order valence-corrected chi connectivity index (χ2v) is 7.56. The Kier molecular flexibility index (Phi) is 5.52. The van der Waals surface area contributed by atoms with Crippen LogP contribution < -0.4 is 9.47 Å². The van der Waals surface area contributed by atoms with Gasteiger partial charge >= 0.3 is 5.97 Å². The molecule has 3 atom stereocenters. The largest absolute Gasteiger partial charge is 0.493 e. The molecule has 138 valence electrons. The smallest absolute Gasteiger partial charge is 0.338 e. The van der Waals surface area contributed by atoms with Gasteiger partial charge in [-0.25, -0.2) is 4.79 Å². The number of fused-ring (bicyclic) bond motifs is 1. The molecule has 0 bridgehead atoms. The number of quaternary nitrogens is 1. The van der Waals surface area contributed by atoms with E-state index in [9.17, 15) is 4.79 Å². The molecule has 5 heteroatoms. The highest BCUT2D eigenvalue weighted by atomic mass is 16.5. The van der Waals surface area contributed by atoms with Crippen LogP contribution in [0, 0.1) is 5.92 Å². The summed E-state index contributed by atoms with van der Waals surface area (Å²) in [5.41, 5.74) is 0.509. The van der Waals surface area contributed by atoms with E-state index in [0.29, 0.717) is 35.6 Å². The summed E-state index contributed by atoms with van der Waals surface area (Å²) in [6, 6.07) is 5.79. The molecule has 0 amide bonds. The van der Waals surface area contributed by atoms with Gasteiger partial charge in [0.2, 0.25) is 0 Å². The number of benzene rings is 1. The summed E-state index contributed by atoms with van der Waals surface area (Å²) in [4.78, 5) is 12.5. The van der Waals surface area contributed by atoms with Gasteiger partial charge in [-0.15, -0.1) is 0 Å². The molecule has 0 radical (unpaired) electrons. The fraction of sp³-hybridized carbons (Fsp3) is 0.650. The lowest BCUT2D eigenvalue weighted by molar-refractivity contribution is -0.947. The van der Waals surface area contributed by atoms with Crippen molar-refractivity contribution in [2.24, 2.45) is 5.92 Å². The monoisotopic (exact) mass is 348 g/mol. The van der Waals surface area contributed by atoms with E-state index < -0.39 is 0 Å². The molecule has 0 N–H and O–H groups in total. The van der Waals surface area contributed by atoms with Crippen LogP contribution in [0.25, 0.3) is 0 Å². The van der Waals surface area contributed by atoms with Gasteiger partial charge in [0.15, 0.2) is 11.5 Å². The molecule has 1 aromatic rings. The number of hydrogen-bond donors (Lipinski definition) is 0. The molecule has 0 saturated carbocycles. The number of esters is 1. The molecule has 25 heavy (non-hydrogen) atoms. The van der Waals surface area contributed by atoms with E-state index >= 15 is 0 Å². The van der Waals surface area contributed by atoms with Crippen LogP contribution in [0.2, 0.25) is 0 Å². The van der Waals surface area contributed by atoms with Gasteiger partial charge in [0.25, 0.3) is 0 Å². The van der Waals surface area contributed by atoms with Gasteiger partial charge in [0, 0.05) is 12.3 Å². The van der Waals surface area contributed by atoms with Crippen molar-refractivity contribution in [3.63, 3.8) is 0 Å². The highest BCUT2D eigenvalue weighted by molar-refractivity contribution is 5.90. The van der Waals surface area contributed by atoms with Gasteiger partial charge < -0.3 is 18.7 Å². The second kappa shape index (κ2) is 7.65. The number of ether oxygens (including phenoxy) is 3. The molecule has 0 unspecified atom stereocenters. The summed E-state index contributed by atoms with van der Waals surface area (Å²) in [5.74, 6) is 1.35. The van der Waals surface area contributed by atoms with Crippen LogP contribution in [0.15, 0.2) is 18.2 Å². The molecule has 2 aliphatic rings. The van der Waals surface area contributed by atoms with Gasteiger partial charge in [-0.3, -0.25) is 0 Å². The molecule has 2 aliphatic heterocycles. The SMILES string of the molecule is COc1ccc(C(=O)OC[C@@H]2CCC[N@@+]3(C)CCCC[C@@H]23)cc1OC. The summed E-state index contributed by atoms with van der Waals surface area (Å²) >= 11 is 0. The Balaban J connectivity index is 1.64. The van der Waals surface area contributed by atoms with E-state index in [4.69, 9.17) is 14.2 Å². The van der Waals surface area contributed by atoms with Crippen molar-refractivity contribution in [1.82, 2.24) is 0 Å². The van der Waals surface area contributed by atoms with Gasteiger partial charge in [-0.2, -0.15) is 0 Å². The van der Waals surface area contributed by atoms with Crippen molar-refractivity contribution in [2.75, 3.05) is 41.0 Å². The van der Waals surface area contributed by atoms with Crippen LogP contribution in [0.3, 0.4) is 0 Å². The number of methoxy groups -OCH3 is 2. The minimum Gasteiger partial charge on any atom is -0.493 e. The lowest BCUT2D eigenvalue weighted by Gasteiger charge is -2.51. The quantitative estimate of drug-likeness (QED) is 0.605. The number of carbonyl (C=O) groups excluding carboxylic acids is 1. The molecule has 2 saturated heterocycles. The molecule has 1 aromatic carbocycles. The predicted octanol–water partition coefficient (Wildman–Crippen LogP) is 3.27. The lowest BCUT2D eigenvalue weighted by Crippen LogP contribution is -2.61. The van der Waals surface area contributed by atoms with E-state index in [-0.39, 0.29) is 5.97 Å². The third-order valence-corrected chi connectivity index (χ3v) is 6.06. The fourth-order valence-electron chi connectivity index (χ4n) is 4.66. The first kappa shape index (κ1) is 18.1. The third-order valence-electron chi connectivity index (χ3n) is 6.06. The van der Waals surface area contributed by atoms with E-state index in [1.807, 2.05) is 0 Å². The first-order valence-electron chi connectivity index (χ1n) is 9.31. The molecule has 0 spiro atoms. The van der Waals surface area contributed by atoms with E-state index in [1.165, 1.54) is 43.3 Å². The number of nitrogens with zero attached hydrogens (tertiary/aromatic N) is 1. The fourth-order valence-corrected chi connectivity index (χ4v) is 4.66. The zero-order valence-corrected chi connectivity index (χ0v) is 15.6. The zero-order chi connectivity index (χ0) is 17.9. The Morgan fingerprint density at radius 1 is 1.08 bits per heavy atom. The average molecular weight is 348 g/mol. The topological polar surface area (TPSA) is 44.8 Å². The van der Waals surface area contributed by atoms with E-state index in [0.717, 1.165) is 6.42 Å². The molecule has 5 nitrogen and oxygen atoms in total. The van der Waals surface area contributed by atoms with Gasteiger partial charge in [-0.05, 0) is 43.9 Å². The maximum atomic E-state index is 12.5. The van der Waals surface area contributed by atoms with Crippen molar-refractivity contribution in [1.29, 1.82) is 0 Å². The van der Waals surface area contributed by atoms with Crippen LogP contribution >= 0.6 is 0 Å². The first-order valence-corrected chi connectivity index (χ1v) is 9.31. The van der Waals surface area contributed by atoms with Crippen LogP contribution in [0.1, 0.15) is 42.5 Å². The average Bonchev–Trinajstić information content (AvgIpc) is 2.64. The highest BCUT2D eigenvalue weighted by Crippen LogP contribution is 2.36. The number of hydrogen-bond acceptors (Lipinski definition) is 4. The van der Waals surface area contributed by atoms with E-state index in [2.05, 4.69) is 7.05 Å². The molecular formula is C20H30NO4+. The van der Waals surface area contributed by atoms with Crippen molar-refractivity contribution in [3.8, 4) is 11.5 Å². The van der Waals surface area contributed by atoms with E-state index in [1.54, 1.807) is 32.4 Å². The number of rotatable bonds is 5. The second-order valence-electron chi connectivity index (χ2n) is 7.56. The van der Waals surface area contributed by atoms with Crippen molar-refractivity contribution in [2.45, 2.75) is 38.1 Å². The summed E-state index contributed by atoms with van der Waals surface area (Å²) < 4.78 is 17.3. The third kappa shape index (κ3) is 3.76. The van der Waals surface area contributed by atoms with Crippen molar-refractivity contribution in [3.05, 3.63) is 23.8 Å². The van der Waals surface area contributed by atoms with Crippen molar-refractivity contribution >= 4 is 5.97 Å². The zero-order valence-electron chi connectivity index (χ0n) is 15.6. The Bertz CT molecular complexity index is 614. The summed E-state index contributed by atoms with van der Waals surface area (Å²) in [7, 11) is 5.53. The molecule has 3 rings (SSSR count). The normalized spacial score (nSPS) is 28.8. The Morgan fingerprint density at radius 2 is 1.84 bits per heavy atom. The van der Waals surface area contributed by atoms with Gasteiger partial charge in [0.1, 0.15) is 6.61 Å².